The number of carboxylic acids is 1. The Kier molecular flexibility index (Phi) is 4.83. The number of pyridine rings is 1. The fraction of sp³-hybridized carbons (Fsp3) is 0.235. The van der Waals surface area contributed by atoms with Gasteiger partial charge in [0, 0.05) is 12.3 Å². The van der Waals surface area contributed by atoms with Gasteiger partial charge in [-0.05, 0) is 30.2 Å². The topological polar surface area (TPSA) is 88.4 Å². The number of carboxylic acid groups (broad SMARTS) is 1. The lowest BCUT2D eigenvalue weighted by molar-refractivity contribution is -0.139. The maximum absolute atomic E-state index is 12.0. The number of hydrogen-bond acceptors (Lipinski definition) is 3. The predicted molar refractivity (Wildman–Crippen MR) is 94.1 cm³/mol. The summed E-state index contributed by atoms with van der Waals surface area (Å²) in [6.07, 6.45) is 1.85. The highest BCUT2D eigenvalue weighted by Crippen LogP contribution is 2.39. The van der Waals surface area contributed by atoms with E-state index < -0.39 is 17.8 Å². The number of halogens is 2. The van der Waals surface area contributed by atoms with Crippen molar-refractivity contribution in [3.8, 4) is 0 Å². The van der Waals surface area contributed by atoms with Gasteiger partial charge in [0.05, 0.1) is 34.1 Å². The van der Waals surface area contributed by atoms with Gasteiger partial charge >= 0.3 is 5.97 Å². The van der Waals surface area contributed by atoms with Crippen molar-refractivity contribution in [2.75, 3.05) is 5.32 Å². The Morgan fingerprint density at radius 3 is 2.56 bits per heavy atom. The molecule has 6 nitrogen and oxygen atoms in total. The first-order chi connectivity index (χ1) is 11.8. The zero-order valence-corrected chi connectivity index (χ0v) is 14.4. The molecule has 8 heteroatoms. The van der Waals surface area contributed by atoms with Crippen molar-refractivity contribution in [1.82, 2.24) is 4.57 Å². The fourth-order valence-electron chi connectivity index (χ4n) is 2.56. The molecule has 2 aromatic rings. The highest BCUT2D eigenvalue weighted by Gasteiger charge is 2.48. The molecule has 1 fully saturated rings. The molecule has 3 rings (SSSR count). The molecule has 1 aromatic carbocycles. The van der Waals surface area contributed by atoms with Crippen LogP contribution in [0.4, 0.5) is 5.69 Å². The molecule has 2 unspecified atom stereocenters. The number of aliphatic carboxylic acids is 1. The third-order valence-electron chi connectivity index (χ3n) is 4.03. The van der Waals surface area contributed by atoms with Crippen molar-refractivity contribution in [3.05, 3.63) is 62.5 Å². The van der Waals surface area contributed by atoms with Gasteiger partial charge in [-0.15, -0.1) is 0 Å². The first kappa shape index (κ1) is 17.5. The van der Waals surface area contributed by atoms with Crippen molar-refractivity contribution in [2.24, 2.45) is 11.8 Å². The normalized spacial score (nSPS) is 18.6. The Labute approximate surface area is 153 Å². The van der Waals surface area contributed by atoms with Gasteiger partial charge in [-0.3, -0.25) is 14.4 Å². The minimum Gasteiger partial charge on any atom is -0.481 e. The van der Waals surface area contributed by atoms with Crippen LogP contribution in [0, 0.1) is 11.8 Å². The van der Waals surface area contributed by atoms with Gasteiger partial charge in [0.25, 0.3) is 5.56 Å². The number of hydrogen-bond donors (Lipinski definition) is 2. The Hall–Kier alpha value is -2.31. The molecule has 1 aromatic heterocycles. The standard InChI is InChI=1S/C17H14Cl2N2O4/c18-13-3-1-9(5-14(13)19)7-21-8-10(2-4-15(21)22)20-16(23)11-6-12(11)17(24)25/h1-5,8,11-12H,6-7H2,(H,20,23)(H,24,25). The quantitative estimate of drug-likeness (QED) is 0.834. The Morgan fingerprint density at radius 1 is 1.16 bits per heavy atom. The second kappa shape index (κ2) is 6.90. The van der Waals surface area contributed by atoms with Crippen molar-refractivity contribution in [1.29, 1.82) is 0 Å². The van der Waals surface area contributed by atoms with Crippen molar-refractivity contribution in [2.45, 2.75) is 13.0 Å². The smallest absolute Gasteiger partial charge is 0.307 e. The lowest BCUT2D eigenvalue weighted by Gasteiger charge is -2.10. The average molecular weight is 381 g/mol. The summed E-state index contributed by atoms with van der Waals surface area (Å²) in [5, 5.41) is 12.4. The summed E-state index contributed by atoms with van der Waals surface area (Å²) in [5.41, 5.74) is 0.979. The van der Waals surface area contributed by atoms with Crippen LogP contribution in [-0.2, 0) is 16.1 Å². The van der Waals surface area contributed by atoms with Crippen LogP contribution in [0.25, 0.3) is 0 Å². The van der Waals surface area contributed by atoms with Gasteiger partial charge in [0.15, 0.2) is 0 Å². The molecule has 1 heterocycles. The van der Waals surface area contributed by atoms with Crippen LogP contribution in [0.2, 0.25) is 10.0 Å². The highest BCUT2D eigenvalue weighted by molar-refractivity contribution is 6.42. The molecule has 0 aliphatic heterocycles. The van der Waals surface area contributed by atoms with E-state index in [9.17, 15) is 14.4 Å². The summed E-state index contributed by atoms with van der Waals surface area (Å²) >= 11 is 11.9. The number of carbonyl (C=O) groups is 2. The molecule has 1 amide bonds. The van der Waals surface area contributed by atoms with E-state index in [1.807, 2.05) is 0 Å². The highest BCUT2D eigenvalue weighted by atomic mass is 35.5. The molecule has 0 saturated heterocycles. The Bertz CT molecular complexity index is 910. The van der Waals surface area contributed by atoms with Gasteiger partial charge in [0.1, 0.15) is 0 Å². The molecule has 1 aliphatic carbocycles. The lowest BCUT2D eigenvalue weighted by Crippen LogP contribution is -2.22. The SMILES string of the molecule is O=C(O)C1CC1C(=O)Nc1ccc(=O)n(Cc2ccc(Cl)c(Cl)c2)c1. The number of nitrogens with one attached hydrogen (secondary N) is 1. The molecule has 2 atom stereocenters. The summed E-state index contributed by atoms with van der Waals surface area (Å²) in [7, 11) is 0. The van der Waals surface area contributed by atoms with Gasteiger partial charge in [-0.25, -0.2) is 0 Å². The number of carbonyl (C=O) groups excluding carboxylic acids is 1. The van der Waals surface area contributed by atoms with E-state index in [2.05, 4.69) is 5.32 Å². The molecule has 2 N–H and O–H groups in total. The van der Waals surface area contributed by atoms with Crippen molar-refractivity contribution < 1.29 is 14.7 Å². The molecule has 0 radical (unpaired) electrons. The van der Waals surface area contributed by atoms with E-state index in [1.165, 1.54) is 22.9 Å². The maximum atomic E-state index is 12.0. The van der Waals surface area contributed by atoms with E-state index >= 15 is 0 Å². The van der Waals surface area contributed by atoms with Crippen molar-refractivity contribution in [3.63, 3.8) is 0 Å². The van der Waals surface area contributed by atoms with Gasteiger partial charge in [0.2, 0.25) is 5.91 Å². The van der Waals surface area contributed by atoms with Gasteiger partial charge in [-0.2, -0.15) is 0 Å². The molecule has 0 spiro atoms. The first-order valence-corrected chi connectivity index (χ1v) is 8.29. The molecule has 25 heavy (non-hydrogen) atoms. The van der Waals surface area contributed by atoms with Crippen LogP contribution in [0.5, 0.6) is 0 Å². The zero-order chi connectivity index (χ0) is 18.1. The molecule has 130 valence electrons. The van der Waals surface area contributed by atoms with Crippen LogP contribution >= 0.6 is 23.2 Å². The van der Waals surface area contributed by atoms with Gasteiger partial charge < -0.3 is 15.0 Å². The summed E-state index contributed by atoms with van der Waals surface area (Å²) in [5.74, 6) is -2.47. The molecular weight excluding hydrogens is 367 g/mol. The molecule has 1 saturated carbocycles. The third kappa shape index (κ3) is 4.03. The third-order valence-corrected chi connectivity index (χ3v) is 4.77. The number of rotatable bonds is 5. The summed E-state index contributed by atoms with van der Waals surface area (Å²) < 4.78 is 1.43. The number of anilines is 1. The van der Waals surface area contributed by atoms with Crippen LogP contribution < -0.4 is 10.9 Å². The minimum absolute atomic E-state index is 0.237. The van der Waals surface area contributed by atoms with E-state index in [0.29, 0.717) is 22.2 Å². The Balaban J connectivity index is 1.74. The summed E-state index contributed by atoms with van der Waals surface area (Å²) in [6.45, 7) is 0.264. The second-order valence-corrected chi connectivity index (χ2v) is 6.72. The second-order valence-electron chi connectivity index (χ2n) is 5.91. The van der Waals surface area contributed by atoms with Crippen LogP contribution in [0.3, 0.4) is 0 Å². The largest absolute Gasteiger partial charge is 0.481 e. The zero-order valence-electron chi connectivity index (χ0n) is 12.9. The molecular formula is C17H14Cl2N2O4. The number of benzene rings is 1. The van der Waals surface area contributed by atoms with Crippen LogP contribution in [0.15, 0.2) is 41.3 Å². The van der Waals surface area contributed by atoms with Crippen LogP contribution in [0.1, 0.15) is 12.0 Å². The fourth-order valence-corrected chi connectivity index (χ4v) is 2.88. The maximum Gasteiger partial charge on any atom is 0.307 e. The summed E-state index contributed by atoms with van der Waals surface area (Å²) in [4.78, 5) is 34.9. The first-order valence-electron chi connectivity index (χ1n) is 7.53. The number of nitrogens with zero attached hydrogens (tertiary/aromatic N) is 1. The Morgan fingerprint density at radius 2 is 1.92 bits per heavy atom. The molecule has 0 bridgehead atoms. The lowest BCUT2D eigenvalue weighted by atomic mass is 10.2. The minimum atomic E-state index is -0.968. The number of amides is 1. The van der Waals surface area contributed by atoms with Crippen molar-refractivity contribution >= 4 is 40.8 Å². The monoisotopic (exact) mass is 380 g/mol. The average Bonchev–Trinajstić information content (AvgIpc) is 3.35. The molecule has 1 aliphatic rings. The predicted octanol–water partition coefficient (Wildman–Crippen LogP) is 2.86. The van der Waals surface area contributed by atoms with E-state index in [1.54, 1.807) is 18.2 Å². The van der Waals surface area contributed by atoms with Gasteiger partial charge in [-0.1, -0.05) is 29.3 Å². The van der Waals surface area contributed by atoms with E-state index in [-0.39, 0.29) is 18.0 Å². The van der Waals surface area contributed by atoms with Crippen LogP contribution in [-0.4, -0.2) is 21.6 Å². The summed E-state index contributed by atoms with van der Waals surface area (Å²) in [6, 6.07) is 7.91. The van der Waals surface area contributed by atoms with E-state index in [0.717, 1.165) is 5.56 Å². The number of aromatic nitrogens is 1. The van der Waals surface area contributed by atoms with E-state index in [4.69, 9.17) is 28.3 Å².